The molecule has 0 aromatic heterocycles. The molecule has 1 fully saturated rings. The lowest BCUT2D eigenvalue weighted by Crippen LogP contribution is -2.43. The summed E-state index contributed by atoms with van der Waals surface area (Å²) in [5, 5.41) is 10.7. The van der Waals surface area contributed by atoms with Crippen LogP contribution < -0.4 is 10.5 Å². The molecule has 0 spiro atoms. The van der Waals surface area contributed by atoms with Crippen molar-refractivity contribution in [2.45, 2.75) is 24.8 Å². The van der Waals surface area contributed by atoms with E-state index in [1.807, 2.05) is 0 Å². The normalized spacial score (nSPS) is 17.6. The molecule has 0 amide bonds. The van der Waals surface area contributed by atoms with Crippen molar-refractivity contribution >= 4 is 5.69 Å². The molecule has 2 rings (SSSR count). The molecule has 5 heteroatoms. The molecule has 0 saturated heterocycles. The van der Waals surface area contributed by atoms with Crippen LogP contribution in [0, 0.1) is 10.1 Å². The Morgan fingerprint density at radius 1 is 1.50 bits per heavy atom. The van der Waals surface area contributed by atoms with Crippen LogP contribution in [0.2, 0.25) is 0 Å². The van der Waals surface area contributed by atoms with E-state index >= 15 is 0 Å². The standard InChI is InChI=1S/C11H14N2O3/c1-16-10-4-3-8(13(14)15)7-9(10)11(12)5-2-6-11/h3-4,7H,2,5-6,12H2,1H3. The van der Waals surface area contributed by atoms with Crippen molar-refractivity contribution in [3.63, 3.8) is 0 Å². The topological polar surface area (TPSA) is 78.4 Å². The van der Waals surface area contributed by atoms with Gasteiger partial charge in [0.25, 0.3) is 5.69 Å². The van der Waals surface area contributed by atoms with E-state index in [1.165, 1.54) is 12.1 Å². The lowest BCUT2D eigenvalue weighted by atomic mass is 9.72. The van der Waals surface area contributed by atoms with Crippen LogP contribution in [0.3, 0.4) is 0 Å². The van der Waals surface area contributed by atoms with E-state index < -0.39 is 10.5 Å². The van der Waals surface area contributed by atoms with Crippen molar-refractivity contribution in [3.8, 4) is 5.75 Å². The van der Waals surface area contributed by atoms with Gasteiger partial charge in [-0.25, -0.2) is 0 Å². The van der Waals surface area contributed by atoms with Gasteiger partial charge in [0.15, 0.2) is 0 Å². The van der Waals surface area contributed by atoms with E-state index in [4.69, 9.17) is 10.5 Å². The fraction of sp³-hybridized carbons (Fsp3) is 0.455. The zero-order valence-electron chi connectivity index (χ0n) is 9.10. The third kappa shape index (κ3) is 1.63. The molecule has 1 aliphatic rings. The lowest BCUT2D eigenvalue weighted by molar-refractivity contribution is -0.385. The molecule has 86 valence electrons. The zero-order chi connectivity index (χ0) is 11.8. The molecular weight excluding hydrogens is 208 g/mol. The van der Waals surface area contributed by atoms with Crippen molar-refractivity contribution in [1.82, 2.24) is 0 Å². The molecule has 0 radical (unpaired) electrons. The van der Waals surface area contributed by atoms with Crippen LogP contribution in [-0.4, -0.2) is 12.0 Å². The van der Waals surface area contributed by atoms with Gasteiger partial charge in [-0.1, -0.05) is 0 Å². The quantitative estimate of drug-likeness (QED) is 0.626. The monoisotopic (exact) mass is 222 g/mol. The fourth-order valence-corrected chi connectivity index (χ4v) is 2.03. The number of nitro benzene ring substituents is 1. The highest BCUT2D eigenvalue weighted by molar-refractivity contribution is 5.48. The van der Waals surface area contributed by atoms with Gasteiger partial charge in [-0.15, -0.1) is 0 Å². The molecule has 5 nitrogen and oxygen atoms in total. The van der Waals surface area contributed by atoms with Gasteiger partial charge in [-0.05, 0) is 25.3 Å². The first kappa shape index (κ1) is 10.9. The predicted molar refractivity (Wildman–Crippen MR) is 59.4 cm³/mol. The second-order valence-electron chi connectivity index (χ2n) is 4.15. The molecule has 0 atom stereocenters. The van der Waals surface area contributed by atoms with Crippen molar-refractivity contribution in [1.29, 1.82) is 0 Å². The first-order valence-electron chi connectivity index (χ1n) is 5.18. The van der Waals surface area contributed by atoms with Gasteiger partial charge in [0.1, 0.15) is 5.75 Å². The molecule has 0 unspecified atom stereocenters. The largest absolute Gasteiger partial charge is 0.496 e. The van der Waals surface area contributed by atoms with Crippen molar-refractivity contribution in [3.05, 3.63) is 33.9 Å². The zero-order valence-corrected chi connectivity index (χ0v) is 9.10. The molecule has 1 saturated carbocycles. The summed E-state index contributed by atoms with van der Waals surface area (Å²) in [7, 11) is 1.55. The number of benzene rings is 1. The van der Waals surface area contributed by atoms with E-state index in [9.17, 15) is 10.1 Å². The van der Waals surface area contributed by atoms with Crippen LogP contribution in [-0.2, 0) is 5.54 Å². The Balaban J connectivity index is 2.47. The van der Waals surface area contributed by atoms with Gasteiger partial charge in [-0.3, -0.25) is 10.1 Å². The summed E-state index contributed by atoms with van der Waals surface area (Å²) in [6.45, 7) is 0. The first-order valence-corrected chi connectivity index (χ1v) is 5.18. The third-order valence-corrected chi connectivity index (χ3v) is 3.18. The highest BCUT2D eigenvalue weighted by Crippen LogP contribution is 2.43. The van der Waals surface area contributed by atoms with Gasteiger partial charge in [0.05, 0.1) is 12.0 Å². The van der Waals surface area contributed by atoms with E-state index in [2.05, 4.69) is 0 Å². The number of non-ortho nitro benzene ring substituents is 1. The maximum atomic E-state index is 10.7. The number of nitrogens with two attached hydrogens (primary N) is 1. The number of hydrogen-bond donors (Lipinski definition) is 1. The van der Waals surface area contributed by atoms with Crippen LogP contribution in [0.5, 0.6) is 5.75 Å². The maximum absolute atomic E-state index is 10.7. The predicted octanol–water partition coefficient (Wildman–Crippen LogP) is 1.94. The van der Waals surface area contributed by atoms with Crippen molar-refractivity contribution < 1.29 is 9.66 Å². The average molecular weight is 222 g/mol. The van der Waals surface area contributed by atoms with Crippen LogP contribution >= 0.6 is 0 Å². The average Bonchev–Trinajstić information content (AvgIpc) is 2.25. The number of nitrogens with zero attached hydrogens (tertiary/aromatic N) is 1. The van der Waals surface area contributed by atoms with E-state index in [0.717, 1.165) is 24.8 Å². The Labute approximate surface area is 93.4 Å². The van der Waals surface area contributed by atoms with E-state index in [1.54, 1.807) is 13.2 Å². The van der Waals surface area contributed by atoms with Crippen molar-refractivity contribution in [2.24, 2.45) is 5.73 Å². The van der Waals surface area contributed by atoms with E-state index in [0.29, 0.717) is 5.75 Å². The molecular formula is C11H14N2O3. The number of nitro groups is 1. The molecule has 1 aliphatic carbocycles. The SMILES string of the molecule is COc1ccc([N+](=O)[O-])cc1C1(N)CCC1. The minimum absolute atomic E-state index is 0.0625. The smallest absolute Gasteiger partial charge is 0.270 e. The van der Waals surface area contributed by atoms with Gasteiger partial charge in [0, 0.05) is 23.2 Å². The van der Waals surface area contributed by atoms with Gasteiger partial charge in [-0.2, -0.15) is 0 Å². The Morgan fingerprint density at radius 3 is 2.62 bits per heavy atom. The molecule has 16 heavy (non-hydrogen) atoms. The minimum Gasteiger partial charge on any atom is -0.496 e. The Hall–Kier alpha value is -1.62. The molecule has 0 aliphatic heterocycles. The lowest BCUT2D eigenvalue weighted by Gasteiger charge is -2.39. The Kier molecular flexibility index (Phi) is 2.55. The number of rotatable bonds is 3. The van der Waals surface area contributed by atoms with Gasteiger partial charge < -0.3 is 10.5 Å². The Morgan fingerprint density at radius 2 is 2.19 bits per heavy atom. The third-order valence-electron chi connectivity index (χ3n) is 3.18. The summed E-state index contributed by atoms with van der Waals surface area (Å²) >= 11 is 0. The molecule has 1 aromatic rings. The summed E-state index contributed by atoms with van der Waals surface area (Å²) in [6, 6.07) is 4.57. The summed E-state index contributed by atoms with van der Waals surface area (Å²) in [4.78, 5) is 10.3. The maximum Gasteiger partial charge on any atom is 0.270 e. The number of methoxy groups -OCH3 is 1. The molecule has 0 bridgehead atoms. The second-order valence-corrected chi connectivity index (χ2v) is 4.15. The number of ether oxygens (including phenoxy) is 1. The van der Waals surface area contributed by atoms with Gasteiger partial charge >= 0.3 is 0 Å². The van der Waals surface area contributed by atoms with Crippen LogP contribution in [0.25, 0.3) is 0 Å². The Bertz CT molecular complexity index is 427. The van der Waals surface area contributed by atoms with E-state index in [-0.39, 0.29) is 5.69 Å². The number of hydrogen-bond acceptors (Lipinski definition) is 4. The second kappa shape index (κ2) is 3.75. The summed E-state index contributed by atoms with van der Waals surface area (Å²) in [6.07, 6.45) is 2.76. The van der Waals surface area contributed by atoms with Gasteiger partial charge in [0.2, 0.25) is 0 Å². The summed E-state index contributed by atoms with van der Waals surface area (Å²) in [5.41, 5.74) is 6.53. The first-order chi connectivity index (χ1) is 7.57. The summed E-state index contributed by atoms with van der Waals surface area (Å²) < 4.78 is 5.20. The highest BCUT2D eigenvalue weighted by Gasteiger charge is 2.37. The van der Waals surface area contributed by atoms with Crippen LogP contribution in [0.4, 0.5) is 5.69 Å². The fourth-order valence-electron chi connectivity index (χ4n) is 2.03. The van der Waals surface area contributed by atoms with Crippen LogP contribution in [0.15, 0.2) is 18.2 Å². The van der Waals surface area contributed by atoms with Crippen molar-refractivity contribution in [2.75, 3.05) is 7.11 Å². The molecule has 0 heterocycles. The molecule has 2 N–H and O–H groups in total. The van der Waals surface area contributed by atoms with Crippen LogP contribution in [0.1, 0.15) is 24.8 Å². The highest BCUT2D eigenvalue weighted by atomic mass is 16.6. The minimum atomic E-state index is -0.447. The summed E-state index contributed by atoms with van der Waals surface area (Å²) in [5.74, 6) is 0.632. The molecule has 1 aromatic carbocycles.